The quantitative estimate of drug-likeness (QED) is 0.518. The van der Waals surface area contributed by atoms with Gasteiger partial charge in [-0.15, -0.1) is 0 Å². The molecule has 0 spiro atoms. The van der Waals surface area contributed by atoms with Crippen molar-refractivity contribution in [3.05, 3.63) is 65.2 Å². The molecule has 6 nitrogen and oxygen atoms in total. The van der Waals surface area contributed by atoms with Crippen molar-refractivity contribution in [1.82, 2.24) is 4.90 Å². The van der Waals surface area contributed by atoms with E-state index in [1.807, 2.05) is 24.3 Å². The van der Waals surface area contributed by atoms with E-state index in [1.165, 1.54) is 12.5 Å². The maximum atomic E-state index is 13.5. The molecule has 1 aliphatic heterocycles. The van der Waals surface area contributed by atoms with Gasteiger partial charge in [-0.05, 0) is 35.6 Å². The average Bonchev–Trinajstić information content (AvgIpc) is 3.05. The predicted molar refractivity (Wildman–Crippen MR) is 115 cm³/mol. The Morgan fingerprint density at radius 2 is 1.77 bits per heavy atom. The first kappa shape index (κ1) is 22.0. The minimum absolute atomic E-state index is 0.0570. The van der Waals surface area contributed by atoms with Gasteiger partial charge in [0.15, 0.2) is 9.84 Å². The second-order valence-electron chi connectivity index (χ2n) is 7.98. The summed E-state index contributed by atoms with van der Waals surface area (Å²) in [6.07, 6.45) is 0.397. The summed E-state index contributed by atoms with van der Waals surface area (Å²) in [4.78, 5) is 26.5. The van der Waals surface area contributed by atoms with Crippen molar-refractivity contribution in [2.75, 3.05) is 11.5 Å². The summed E-state index contributed by atoms with van der Waals surface area (Å²) in [5.74, 6) is -0.280. The van der Waals surface area contributed by atoms with E-state index in [0.717, 1.165) is 5.56 Å². The lowest BCUT2D eigenvalue weighted by Gasteiger charge is -2.29. The summed E-state index contributed by atoms with van der Waals surface area (Å²) >= 11 is 0. The van der Waals surface area contributed by atoms with E-state index < -0.39 is 21.8 Å². The first-order chi connectivity index (χ1) is 14.2. The fraction of sp³-hybridized carbons (Fsp3) is 0.391. The zero-order chi connectivity index (χ0) is 21.9. The standard InChI is InChI=1S/C23H27NO5S/c1-16(2)19-10-8-18(9-11-19)14-24(20-12-13-30(27,28)15-20)23(26)21-6-4-5-7-22(21)29-17(3)25/h4-11,16,20H,12-15H2,1-3H3. The smallest absolute Gasteiger partial charge is 0.308 e. The van der Waals surface area contributed by atoms with Crippen molar-refractivity contribution in [2.45, 2.75) is 45.7 Å². The van der Waals surface area contributed by atoms with Crippen LogP contribution >= 0.6 is 0 Å². The summed E-state index contributed by atoms with van der Waals surface area (Å²) in [5, 5.41) is 0. The van der Waals surface area contributed by atoms with Crippen molar-refractivity contribution < 1.29 is 22.7 Å². The van der Waals surface area contributed by atoms with Crippen LogP contribution in [0.5, 0.6) is 5.75 Å². The van der Waals surface area contributed by atoms with Crippen LogP contribution in [0.1, 0.15) is 54.6 Å². The molecule has 0 radical (unpaired) electrons. The van der Waals surface area contributed by atoms with Gasteiger partial charge in [0.1, 0.15) is 5.75 Å². The van der Waals surface area contributed by atoms with Crippen LogP contribution in [0, 0.1) is 0 Å². The summed E-state index contributed by atoms with van der Waals surface area (Å²) in [7, 11) is -3.17. The number of amides is 1. The van der Waals surface area contributed by atoms with Crippen molar-refractivity contribution in [1.29, 1.82) is 0 Å². The molecular weight excluding hydrogens is 402 g/mol. The maximum absolute atomic E-state index is 13.5. The Bertz CT molecular complexity index is 1030. The molecule has 1 heterocycles. The van der Waals surface area contributed by atoms with Crippen molar-refractivity contribution >= 4 is 21.7 Å². The first-order valence-corrected chi connectivity index (χ1v) is 11.9. The van der Waals surface area contributed by atoms with Gasteiger partial charge in [-0.1, -0.05) is 50.2 Å². The molecule has 0 saturated carbocycles. The van der Waals surface area contributed by atoms with Crippen molar-refractivity contribution in [3.8, 4) is 5.75 Å². The van der Waals surface area contributed by atoms with Gasteiger partial charge in [-0.2, -0.15) is 0 Å². The SMILES string of the molecule is CC(=O)Oc1ccccc1C(=O)N(Cc1ccc(C(C)C)cc1)C1CCS(=O)(=O)C1. The number of benzene rings is 2. The number of nitrogens with zero attached hydrogens (tertiary/aromatic N) is 1. The number of rotatable bonds is 6. The predicted octanol–water partition coefficient (Wildman–Crippen LogP) is 3.56. The molecule has 3 rings (SSSR count). The van der Waals surface area contributed by atoms with Crippen LogP contribution in [0.3, 0.4) is 0 Å². The number of esters is 1. The van der Waals surface area contributed by atoms with E-state index in [1.54, 1.807) is 29.2 Å². The fourth-order valence-electron chi connectivity index (χ4n) is 3.63. The number of hydrogen-bond acceptors (Lipinski definition) is 5. The Kier molecular flexibility index (Phi) is 6.61. The van der Waals surface area contributed by atoms with Crippen LogP contribution in [-0.4, -0.2) is 42.7 Å². The molecule has 1 aliphatic rings. The molecule has 0 aromatic heterocycles. The van der Waals surface area contributed by atoms with Crippen LogP contribution in [0.4, 0.5) is 0 Å². The van der Waals surface area contributed by atoms with Gasteiger partial charge in [0, 0.05) is 19.5 Å². The molecule has 0 bridgehead atoms. The second kappa shape index (κ2) is 9.00. The van der Waals surface area contributed by atoms with Gasteiger partial charge in [0.2, 0.25) is 0 Å². The molecule has 0 N–H and O–H groups in total. The number of carbonyl (C=O) groups excluding carboxylic acids is 2. The average molecular weight is 430 g/mol. The zero-order valence-corrected chi connectivity index (χ0v) is 18.3. The molecular formula is C23H27NO5S. The second-order valence-corrected chi connectivity index (χ2v) is 10.2. The van der Waals surface area contributed by atoms with Gasteiger partial charge < -0.3 is 9.64 Å². The monoisotopic (exact) mass is 429 g/mol. The van der Waals surface area contributed by atoms with E-state index >= 15 is 0 Å². The van der Waals surface area contributed by atoms with Crippen molar-refractivity contribution in [3.63, 3.8) is 0 Å². The Labute approximate surface area is 177 Å². The van der Waals surface area contributed by atoms with E-state index in [4.69, 9.17) is 4.74 Å². The van der Waals surface area contributed by atoms with Gasteiger partial charge >= 0.3 is 5.97 Å². The molecule has 160 valence electrons. The van der Waals surface area contributed by atoms with Crippen molar-refractivity contribution in [2.24, 2.45) is 0 Å². The van der Waals surface area contributed by atoms with Gasteiger partial charge in [-0.25, -0.2) is 8.42 Å². The first-order valence-electron chi connectivity index (χ1n) is 10.0. The van der Waals surface area contributed by atoms with E-state index in [2.05, 4.69) is 13.8 Å². The molecule has 1 unspecified atom stereocenters. The molecule has 30 heavy (non-hydrogen) atoms. The molecule has 2 aromatic carbocycles. The highest BCUT2D eigenvalue weighted by atomic mass is 32.2. The fourth-order valence-corrected chi connectivity index (χ4v) is 5.37. The lowest BCUT2D eigenvalue weighted by atomic mass is 10.0. The summed E-state index contributed by atoms with van der Waals surface area (Å²) in [6.45, 7) is 5.78. The Morgan fingerprint density at radius 3 is 2.33 bits per heavy atom. The van der Waals surface area contributed by atoms with E-state index in [0.29, 0.717) is 12.3 Å². The van der Waals surface area contributed by atoms with Gasteiger partial charge in [0.05, 0.1) is 17.1 Å². The minimum Gasteiger partial charge on any atom is -0.426 e. The highest BCUT2D eigenvalue weighted by molar-refractivity contribution is 7.91. The van der Waals surface area contributed by atoms with E-state index in [9.17, 15) is 18.0 Å². The summed E-state index contributed by atoms with van der Waals surface area (Å²) < 4.78 is 29.4. The third-order valence-electron chi connectivity index (χ3n) is 5.28. The van der Waals surface area contributed by atoms with Crippen LogP contribution in [0.2, 0.25) is 0 Å². The van der Waals surface area contributed by atoms with Gasteiger partial charge in [0.25, 0.3) is 5.91 Å². The number of para-hydroxylation sites is 1. The van der Waals surface area contributed by atoms with Gasteiger partial charge in [-0.3, -0.25) is 9.59 Å². The maximum Gasteiger partial charge on any atom is 0.308 e. The molecule has 1 saturated heterocycles. The highest BCUT2D eigenvalue weighted by Gasteiger charge is 2.35. The normalized spacial score (nSPS) is 17.7. The van der Waals surface area contributed by atoms with Crippen LogP contribution in [0.25, 0.3) is 0 Å². The highest BCUT2D eigenvalue weighted by Crippen LogP contribution is 2.27. The molecule has 1 amide bonds. The zero-order valence-electron chi connectivity index (χ0n) is 17.5. The number of carbonyl (C=O) groups is 2. The molecule has 2 aromatic rings. The largest absolute Gasteiger partial charge is 0.426 e. The van der Waals surface area contributed by atoms with Crippen LogP contribution < -0.4 is 4.74 Å². The Balaban J connectivity index is 1.94. The number of ether oxygens (including phenoxy) is 1. The number of sulfone groups is 1. The Morgan fingerprint density at radius 1 is 1.10 bits per heavy atom. The summed E-state index contributed by atoms with van der Waals surface area (Å²) in [6, 6.07) is 14.1. The Hall–Kier alpha value is -2.67. The lowest BCUT2D eigenvalue weighted by molar-refractivity contribution is -0.131. The molecule has 7 heteroatoms. The summed E-state index contributed by atoms with van der Waals surface area (Å²) in [5.41, 5.74) is 2.36. The molecule has 0 aliphatic carbocycles. The van der Waals surface area contributed by atoms with Crippen LogP contribution in [0.15, 0.2) is 48.5 Å². The molecule has 1 atom stereocenters. The number of hydrogen-bond donors (Lipinski definition) is 0. The van der Waals surface area contributed by atoms with E-state index in [-0.39, 0.29) is 35.3 Å². The third kappa shape index (κ3) is 5.27. The van der Waals surface area contributed by atoms with Crippen LogP contribution in [-0.2, 0) is 21.2 Å². The molecule has 1 fully saturated rings. The topological polar surface area (TPSA) is 80.8 Å². The lowest BCUT2D eigenvalue weighted by Crippen LogP contribution is -2.40. The minimum atomic E-state index is -3.17. The third-order valence-corrected chi connectivity index (χ3v) is 7.03.